The van der Waals surface area contributed by atoms with Gasteiger partial charge in [-0.15, -0.1) is 24.0 Å². The van der Waals surface area contributed by atoms with E-state index in [-0.39, 0.29) is 24.0 Å². The molecule has 0 aromatic heterocycles. The second-order valence-electron chi connectivity index (χ2n) is 7.28. The molecule has 1 aliphatic heterocycles. The van der Waals surface area contributed by atoms with Crippen LogP contribution in [0.15, 0.2) is 33.7 Å². The molecule has 27 heavy (non-hydrogen) atoms. The SMILES string of the molecule is CN=C(NCCCOCC(C)C)NCC1CCN(c2cccc(Br)c2)C1.I. The molecule has 2 N–H and O–H groups in total. The van der Waals surface area contributed by atoms with E-state index in [1.807, 2.05) is 7.05 Å². The summed E-state index contributed by atoms with van der Waals surface area (Å²) in [5.74, 6) is 2.12. The first kappa shape index (κ1) is 24.5. The van der Waals surface area contributed by atoms with Crippen LogP contribution < -0.4 is 15.5 Å². The molecule has 1 aromatic rings. The van der Waals surface area contributed by atoms with Gasteiger partial charge in [0, 0.05) is 56.6 Å². The summed E-state index contributed by atoms with van der Waals surface area (Å²) in [6, 6.07) is 8.55. The second-order valence-corrected chi connectivity index (χ2v) is 8.20. The molecular formula is C20H34BrIN4O. The third-order valence-corrected chi connectivity index (χ3v) is 4.94. The van der Waals surface area contributed by atoms with Gasteiger partial charge in [-0.2, -0.15) is 0 Å². The number of benzene rings is 1. The number of aliphatic imine (C=N–C) groups is 1. The van der Waals surface area contributed by atoms with Crippen molar-refractivity contribution in [3.63, 3.8) is 0 Å². The van der Waals surface area contributed by atoms with E-state index in [9.17, 15) is 0 Å². The molecule has 0 aliphatic carbocycles. The van der Waals surface area contributed by atoms with Crippen LogP contribution in [0.2, 0.25) is 0 Å². The van der Waals surface area contributed by atoms with Crippen molar-refractivity contribution >= 4 is 51.6 Å². The van der Waals surface area contributed by atoms with E-state index < -0.39 is 0 Å². The number of ether oxygens (including phenoxy) is 1. The number of nitrogens with one attached hydrogen (secondary N) is 2. The summed E-state index contributed by atoms with van der Waals surface area (Å²) in [5.41, 5.74) is 1.30. The van der Waals surface area contributed by atoms with Crippen LogP contribution in [-0.2, 0) is 4.74 Å². The van der Waals surface area contributed by atoms with Crippen LogP contribution in [0.5, 0.6) is 0 Å². The minimum Gasteiger partial charge on any atom is -0.381 e. The number of anilines is 1. The van der Waals surface area contributed by atoms with Crippen molar-refractivity contribution in [3.8, 4) is 0 Å². The zero-order valence-corrected chi connectivity index (χ0v) is 20.6. The second kappa shape index (κ2) is 13.6. The molecular weight excluding hydrogens is 519 g/mol. The first-order chi connectivity index (χ1) is 12.6. The van der Waals surface area contributed by atoms with Crippen LogP contribution in [0.25, 0.3) is 0 Å². The summed E-state index contributed by atoms with van der Waals surface area (Å²) in [6.45, 7) is 10.0. The molecule has 7 heteroatoms. The quantitative estimate of drug-likeness (QED) is 0.209. The van der Waals surface area contributed by atoms with Gasteiger partial charge in [-0.25, -0.2) is 0 Å². The molecule has 2 rings (SSSR count). The molecule has 154 valence electrons. The summed E-state index contributed by atoms with van der Waals surface area (Å²) >= 11 is 3.56. The van der Waals surface area contributed by atoms with Gasteiger partial charge < -0.3 is 20.3 Å². The van der Waals surface area contributed by atoms with Crippen molar-refractivity contribution in [2.24, 2.45) is 16.8 Å². The average Bonchev–Trinajstić information content (AvgIpc) is 3.09. The van der Waals surface area contributed by atoms with E-state index >= 15 is 0 Å². The van der Waals surface area contributed by atoms with E-state index in [4.69, 9.17) is 4.74 Å². The Balaban J connectivity index is 0.00000364. The molecule has 0 spiro atoms. The fourth-order valence-electron chi connectivity index (χ4n) is 3.07. The Morgan fingerprint density at radius 3 is 2.89 bits per heavy atom. The van der Waals surface area contributed by atoms with Crippen molar-refractivity contribution in [2.75, 3.05) is 51.3 Å². The van der Waals surface area contributed by atoms with Crippen molar-refractivity contribution in [1.82, 2.24) is 10.6 Å². The van der Waals surface area contributed by atoms with Crippen LogP contribution in [0.4, 0.5) is 5.69 Å². The van der Waals surface area contributed by atoms with Gasteiger partial charge >= 0.3 is 0 Å². The van der Waals surface area contributed by atoms with Gasteiger partial charge in [0.25, 0.3) is 0 Å². The number of nitrogens with zero attached hydrogens (tertiary/aromatic N) is 2. The topological polar surface area (TPSA) is 48.9 Å². The minimum absolute atomic E-state index is 0. The fraction of sp³-hybridized carbons (Fsp3) is 0.650. The van der Waals surface area contributed by atoms with Gasteiger partial charge in [0.15, 0.2) is 5.96 Å². The molecule has 0 saturated carbocycles. The van der Waals surface area contributed by atoms with E-state index in [0.29, 0.717) is 11.8 Å². The summed E-state index contributed by atoms with van der Waals surface area (Å²) in [4.78, 5) is 6.78. The average molecular weight is 553 g/mol. The van der Waals surface area contributed by atoms with Crippen molar-refractivity contribution in [2.45, 2.75) is 26.7 Å². The number of rotatable bonds is 9. The Morgan fingerprint density at radius 1 is 1.37 bits per heavy atom. The Kier molecular flexibility index (Phi) is 12.3. The number of halogens is 2. The Morgan fingerprint density at radius 2 is 2.19 bits per heavy atom. The normalized spacial score (nSPS) is 17.1. The maximum atomic E-state index is 5.60. The van der Waals surface area contributed by atoms with Crippen LogP contribution in [0.3, 0.4) is 0 Å². The van der Waals surface area contributed by atoms with Gasteiger partial charge in [-0.1, -0.05) is 35.8 Å². The van der Waals surface area contributed by atoms with Gasteiger partial charge in [0.05, 0.1) is 0 Å². The van der Waals surface area contributed by atoms with Gasteiger partial charge in [-0.3, -0.25) is 4.99 Å². The highest BCUT2D eigenvalue weighted by Crippen LogP contribution is 2.25. The predicted octanol–water partition coefficient (Wildman–Crippen LogP) is 4.12. The summed E-state index contributed by atoms with van der Waals surface area (Å²) in [6.07, 6.45) is 2.20. The van der Waals surface area contributed by atoms with E-state index in [1.165, 1.54) is 12.1 Å². The molecule has 1 unspecified atom stereocenters. The van der Waals surface area contributed by atoms with E-state index in [1.54, 1.807) is 0 Å². The molecule has 1 saturated heterocycles. The predicted molar refractivity (Wildman–Crippen MR) is 130 cm³/mol. The van der Waals surface area contributed by atoms with Crippen LogP contribution in [-0.4, -0.2) is 52.4 Å². The molecule has 1 atom stereocenters. The molecule has 5 nitrogen and oxygen atoms in total. The lowest BCUT2D eigenvalue weighted by molar-refractivity contribution is 0.108. The van der Waals surface area contributed by atoms with Crippen molar-refractivity contribution < 1.29 is 4.74 Å². The summed E-state index contributed by atoms with van der Waals surface area (Å²) in [5, 5.41) is 6.84. The molecule has 1 aromatic carbocycles. The first-order valence-corrected chi connectivity index (χ1v) is 10.4. The lowest BCUT2D eigenvalue weighted by atomic mass is 10.1. The Bertz CT molecular complexity index is 571. The van der Waals surface area contributed by atoms with Crippen molar-refractivity contribution in [3.05, 3.63) is 28.7 Å². The highest BCUT2D eigenvalue weighted by atomic mass is 127. The lowest BCUT2D eigenvalue weighted by Crippen LogP contribution is -2.40. The fourth-order valence-corrected chi connectivity index (χ4v) is 3.46. The Labute approximate surface area is 189 Å². The molecule has 0 amide bonds. The maximum Gasteiger partial charge on any atom is 0.190 e. The standard InChI is InChI=1S/C20H33BrN4O.HI/c1-16(2)15-26-11-5-9-23-20(22-3)24-13-17-8-10-25(14-17)19-7-4-6-18(21)12-19;/h4,6-7,12,16-17H,5,8-11,13-15H2,1-3H3,(H2,22,23,24);1H. The highest BCUT2D eigenvalue weighted by Gasteiger charge is 2.22. The number of hydrogen-bond donors (Lipinski definition) is 2. The third-order valence-electron chi connectivity index (χ3n) is 4.45. The zero-order chi connectivity index (χ0) is 18.8. The monoisotopic (exact) mass is 552 g/mol. The van der Waals surface area contributed by atoms with Crippen molar-refractivity contribution in [1.29, 1.82) is 0 Å². The first-order valence-electron chi connectivity index (χ1n) is 9.61. The zero-order valence-electron chi connectivity index (χ0n) is 16.7. The highest BCUT2D eigenvalue weighted by molar-refractivity contribution is 14.0. The molecule has 0 radical (unpaired) electrons. The number of hydrogen-bond acceptors (Lipinski definition) is 3. The van der Waals surface area contributed by atoms with Gasteiger partial charge in [0.1, 0.15) is 0 Å². The Hall–Kier alpha value is -0.540. The summed E-state index contributed by atoms with van der Waals surface area (Å²) in [7, 11) is 1.83. The minimum atomic E-state index is 0. The molecule has 1 aliphatic rings. The third kappa shape index (κ3) is 9.47. The smallest absolute Gasteiger partial charge is 0.190 e. The summed E-state index contributed by atoms with van der Waals surface area (Å²) < 4.78 is 6.74. The molecule has 0 bridgehead atoms. The largest absolute Gasteiger partial charge is 0.381 e. The lowest BCUT2D eigenvalue weighted by Gasteiger charge is -2.19. The van der Waals surface area contributed by atoms with E-state index in [2.05, 4.69) is 74.6 Å². The molecule has 1 heterocycles. The van der Waals surface area contributed by atoms with Crippen LogP contribution in [0.1, 0.15) is 26.7 Å². The van der Waals surface area contributed by atoms with Crippen LogP contribution >= 0.6 is 39.9 Å². The number of guanidine groups is 1. The van der Waals surface area contributed by atoms with Crippen LogP contribution in [0, 0.1) is 11.8 Å². The van der Waals surface area contributed by atoms with Gasteiger partial charge in [-0.05, 0) is 42.9 Å². The molecule has 1 fully saturated rings. The maximum absolute atomic E-state index is 5.60. The van der Waals surface area contributed by atoms with Gasteiger partial charge in [0.2, 0.25) is 0 Å². The van der Waals surface area contributed by atoms with E-state index in [0.717, 1.165) is 56.2 Å².